The summed E-state index contributed by atoms with van der Waals surface area (Å²) in [6.07, 6.45) is 3.66. The molecule has 1 aromatic rings. The second-order valence-electron chi connectivity index (χ2n) is 3.47. The first-order valence-electron chi connectivity index (χ1n) is 5.07. The Kier molecular flexibility index (Phi) is 5.19. The van der Waals surface area contributed by atoms with E-state index in [0.717, 1.165) is 25.1 Å². The van der Waals surface area contributed by atoms with Crippen molar-refractivity contribution in [3.63, 3.8) is 0 Å². The van der Waals surface area contributed by atoms with E-state index in [1.807, 2.05) is 18.2 Å². The number of aliphatic hydroxyl groups excluding tert-OH is 1. The van der Waals surface area contributed by atoms with Gasteiger partial charge in [0.05, 0.1) is 5.69 Å². The molecule has 0 saturated heterocycles. The van der Waals surface area contributed by atoms with Gasteiger partial charge in [-0.05, 0) is 31.9 Å². The molecule has 0 aromatic carbocycles. The average molecular weight is 194 g/mol. The fourth-order valence-corrected chi connectivity index (χ4v) is 1.28. The van der Waals surface area contributed by atoms with Crippen molar-refractivity contribution in [3.05, 3.63) is 30.1 Å². The first kappa shape index (κ1) is 11.1. The number of nitrogens with one attached hydrogen (secondary N) is 1. The highest BCUT2D eigenvalue weighted by Crippen LogP contribution is 1.98. The Morgan fingerprint density at radius 3 is 3.00 bits per heavy atom. The molecule has 0 radical (unpaired) electrons. The van der Waals surface area contributed by atoms with Crippen LogP contribution in [0.5, 0.6) is 0 Å². The van der Waals surface area contributed by atoms with Crippen LogP contribution in [0.25, 0.3) is 0 Å². The van der Waals surface area contributed by atoms with E-state index in [0.29, 0.717) is 6.04 Å². The zero-order valence-corrected chi connectivity index (χ0v) is 8.61. The Balaban J connectivity index is 2.20. The molecule has 0 saturated carbocycles. The van der Waals surface area contributed by atoms with Gasteiger partial charge in [-0.25, -0.2) is 0 Å². The second-order valence-corrected chi connectivity index (χ2v) is 3.47. The third-order valence-electron chi connectivity index (χ3n) is 2.15. The summed E-state index contributed by atoms with van der Waals surface area (Å²) in [6, 6.07) is 6.34. The molecule has 0 aliphatic carbocycles. The number of aliphatic hydroxyl groups is 1. The van der Waals surface area contributed by atoms with E-state index >= 15 is 0 Å². The summed E-state index contributed by atoms with van der Waals surface area (Å²) in [5, 5.41) is 12.0. The summed E-state index contributed by atoms with van der Waals surface area (Å²) < 4.78 is 0. The van der Waals surface area contributed by atoms with E-state index in [1.165, 1.54) is 0 Å². The van der Waals surface area contributed by atoms with Gasteiger partial charge in [-0.15, -0.1) is 0 Å². The van der Waals surface area contributed by atoms with Gasteiger partial charge in [0, 0.05) is 25.4 Å². The highest BCUT2D eigenvalue weighted by atomic mass is 16.2. The molecule has 0 spiro atoms. The van der Waals surface area contributed by atoms with Gasteiger partial charge in [0.15, 0.2) is 0 Å². The van der Waals surface area contributed by atoms with E-state index < -0.39 is 0 Å². The van der Waals surface area contributed by atoms with E-state index in [-0.39, 0.29) is 6.61 Å². The van der Waals surface area contributed by atoms with Crippen LogP contribution in [0.4, 0.5) is 0 Å². The van der Waals surface area contributed by atoms with E-state index in [4.69, 9.17) is 5.11 Å². The summed E-state index contributed by atoms with van der Waals surface area (Å²) in [7, 11) is 0. The summed E-state index contributed by atoms with van der Waals surface area (Å²) in [4.78, 5) is 4.22. The molecule has 3 nitrogen and oxygen atoms in total. The number of rotatable bonds is 6. The Morgan fingerprint density at radius 1 is 1.50 bits per heavy atom. The maximum absolute atomic E-state index is 8.66. The predicted molar refractivity (Wildman–Crippen MR) is 56.9 cm³/mol. The molecular formula is C11H18N2O. The minimum Gasteiger partial charge on any atom is -0.396 e. The summed E-state index contributed by atoms with van der Waals surface area (Å²) >= 11 is 0. The molecule has 0 bridgehead atoms. The van der Waals surface area contributed by atoms with Crippen LogP contribution >= 0.6 is 0 Å². The molecule has 0 aliphatic rings. The first-order chi connectivity index (χ1) is 6.83. The SMILES string of the molecule is C[C@@H](CCCO)NCc1ccccn1. The lowest BCUT2D eigenvalue weighted by Crippen LogP contribution is -2.25. The van der Waals surface area contributed by atoms with Crippen LogP contribution in [0.3, 0.4) is 0 Å². The molecule has 78 valence electrons. The lowest BCUT2D eigenvalue weighted by atomic mass is 10.2. The molecule has 1 heterocycles. The van der Waals surface area contributed by atoms with Gasteiger partial charge in [-0.1, -0.05) is 6.07 Å². The van der Waals surface area contributed by atoms with Gasteiger partial charge >= 0.3 is 0 Å². The lowest BCUT2D eigenvalue weighted by molar-refractivity contribution is 0.276. The van der Waals surface area contributed by atoms with Crippen LogP contribution in [0.2, 0.25) is 0 Å². The summed E-state index contributed by atoms with van der Waals surface area (Å²) in [5.41, 5.74) is 1.06. The Labute approximate surface area is 85.2 Å². The topological polar surface area (TPSA) is 45.1 Å². The van der Waals surface area contributed by atoms with Crippen molar-refractivity contribution < 1.29 is 5.11 Å². The van der Waals surface area contributed by atoms with E-state index in [9.17, 15) is 0 Å². The molecule has 3 heteroatoms. The molecule has 1 aromatic heterocycles. The summed E-state index contributed by atoms with van der Waals surface area (Å²) in [6.45, 7) is 3.20. The van der Waals surface area contributed by atoms with Gasteiger partial charge in [-0.3, -0.25) is 4.98 Å². The van der Waals surface area contributed by atoms with Crippen LogP contribution in [0.1, 0.15) is 25.5 Å². The van der Waals surface area contributed by atoms with Gasteiger partial charge < -0.3 is 10.4 Å². The Morgan fingerprint density at radius 2 is 2.36 bits per heavy atom. The largest absolute Gasteiger partial charge is 0.396 e. The standard InChI is InChI=1S/C11H18N2O/c1-10(5-4-8-14)13-9-11-6-2-3-7-12-11/h2-3,6-7,10,13-14H,4-5,8-9H2,1H3/t10-/m0/s1. The van der Waals surface area contributed by atoms with Crippen molar-refractivity contribution in [2.45, 2.75) is 32.4 Å². The quantitative estimate of drug-likeness (QED) is 0.718. The average Bonchev–Trinajstić information content (AvgIpc) is 2.25. The molecule has 1 rings (SSSR count). The monoisotopic (exact) mass is 194 g/mol. The van der Waals surface area contributed by atoms with E-state index in [1.54, 1.807) is 6.20 Å². The molecule has 1 atom stereocenters. The summed E-state index contributed by atoms with van der Waals surface area (Å²) in [5.74, 6) is 0. The van der Waals surface area contributed by atoms with Crippen molar-refractivity contribution in [2.24, 2.45) is 0 Å². The fraction of sp³-hybridized carbons (Fsp3) is 0.545. The third kappa shape index (κ3) is 4.35. The molecule has 0 aliphatic heterocycles. The third-order valence-corrected chi connectivity index (χ3v) is 2.15. The van der Waals surface area contributed by atoms with Gasteiger partial charge in [-0.2, -0.15) is 0 Å². The van der Waals surface area contributed by atoms with Crippen molar-refractivity contribution in [1.82, 2.24) is 10.3 Å². The molecule has 0 amide bonds. The van der Waals surface area contributed by atoms with E-state index in [2.05, 4.69) is 17.2 Å². The van der Waals surface area contributed by atoms with Crippen molar-refractivity contribution >= 4 is 0 Å². The number of aromatic nitrogens is 1. The number of hydrogen-bond acceptors (Lipinski definition) is 3. The van der Waals surface area contributed by atoms with Crippen LogP contribution in [0.15, 0.2) is 24.4 Å². The van der Waals surface area contributed by atoms with Crippen LogP contribution < -0.4 is 5.32 Å². The first-order valence-corrected chi connectivity index (χ1v) is 5.07. The second kappa shape index (κ2) is 6.51. The maximum atomic E-state index is 8.66. The smallest absolute Gasteiger partial charge is 0.0541 e. The number of pyridine rings is 1. The Bertz CT molecular complexity index is 238. The van der Waals surface area contributed by atoms with Crippen molar-refractivity contribution in [3.8, 4) is 0 Å². The molecular weight excluding hydrogens is 176 g/mol. The molecule has 14 heavy (non-hydrogen) atoms. The minimum atomic E-state index is 0.273. The van der Waals surface area contributed by atoms with Gasteiger partial charge in [0.25, 0.3) is 0 Å². The zero-order valence-electron chi connectivity index (χ0n) is 8.61. The lowest BCUT2D eigenvalue weighted by Gasteiger charge is -2.12. The van der Waals surface area contributed by atoms with Gasteiger partial charge in [0.2, 0.25) is 0 Å². The highest BCUT2D eigenvalue weighted by molar-refractivity contribution is 5.02. The molecule has 0 fully saturated rings. The minimum absolute atomic E-state index is 0.273. The van der Waals surface area contributed by atoms with Crippen molar-refractivity contribution in [1.29, 1.82) is 0 Å². The Hall–Kier alpha value is -0.930. The highest BCUT2D eigenvalue weighted by Gasteiger charge is 2.00. The van der Waals surface area contributed by atoms with Crippen LogP contribution in [-0.2, 0) is 6.54 Å². The zero-order chi connectivity index (χ0) is 10.2. The van der Waals surface area contributed by atoms with Crippen molar-refractivity contribution in [2.75, 3.05) is 6.61 Å². The number of nitrogens with zero attached hydrogens (tertiary/aromatic N) is 1. The normalized spacial score (nSPS) is 12.7. The number of hydrogen-bond donors (Lipinski definition) is 2. The fourth-order valence-electron chi connectivity index (χ4n) is 1.28. The van der Waals surface area contributed by atoms with Crippen LogP contribution in [-0.4, -0.2) is 22.7 Å². The van der Waals surface area contributed by atoms with Gasteiger partial charge in [0.1, 0.15) is 0 Å². The predicted octanol–water partition coefficient (Wildman–Crippen LogP) is 1.33. The molecule has 2 N–H and O–H groups in total. The maximum Gasteiger partial charge on any atom is 0.0541 e. The van der Waals surface area contributed by atoms with Crippen LogP contribution in [0, 0.1) is 0 Å². The molecule has 0 unspecified atom stereocenters.